The van der Waals surface area contributed by atoms with E-state index in [2.05, 4.69) is 22.2 Å². The van der Waals surface area contributed by atoms with E-state index in [1.165, 1.54) is 6.07 Å². The van der Waals surface area contributed by atoms with Crippen LogP contribution in [0, 0.1) is 5.82 Å². The van der Waals surface area contributed by atoms with Gasteiger partial charge in [0.05, 0.1) is 10.7 Å². The van der Waals surface area contributed by atoms with Gasteiger partial charge in [-0.15, -0.1) is 0 Å². The van der Waals surface area contributed by atoms with Gasteiger partial charge < -0.3 is 10.3 Å². The Morgan fingerprint density at radius 3 is 2.81 bits per heavy atom. The third kappa shape index (κ3) is 4.70. The first-order chi connectivity index (χ1) is 10.1. The predicted octanol–water partition coefficient (Wildman–Crippen LogP) is 4.49. The summed E-state index contributed by atoms with van der Waals surface area (Å²) >= 11 is 11.8. The largest absolute Gasteiger partial charge is 0.344 e. The Bertz CT molecular complexity index is 599. The highest BCUT2D eigenvalue weighted by molar-refractivity contribution is 6.30. The van der Waals surface area contributed by atoms with Crippen molar-refractivity contribution in [2.75, 3.05) is 0 Å². The molecule has 2 rings (SSSR count). The topological polar surface area (TPSA) is 40.7 Å². The first kappa shape index (κ1) is 16.3. The van der Waals surface area contributed by atoms with Crippen LogP contribution in [0.5, 0.6) is 0 Å². The van der Waals surface area contributed by atoms with Crippen molar-refractivity contribution in [3.8, 4) is 0 Å². The molecule has 1 aromatic carbocycles. The Balaban J connectivity index is 1.88. The molecule has 0 aliphatic rings. The minimum Gasteiger partial charge on any atom is -0.344 e. The molecule has 3 nitrogen and oxygen atoms in total. The molecule has 114 valence electrons. The van der Waals surface area contributed by atoms with Crippen LogP contribution in [-0.2, 0) is 19.5 Å². The first-order valence-corrected chi connectivity index (χ1v) is 7.73. The van der Waals surface area contributed by atoms with E-state index in [0.29, 0.717) is 18.2 Å². The maximum Gasteiger partial charge on any atom is 0.151 e. The molecule has 6 heteroatoms. The Hall–Kier alpha value is -1.10. The number of H-pyrrole nitrogens is 1. The Morgan fingerprint density at radius 1 is 1.29 bits per heavy atom. The number of rotatable bonds is 7. The summed E-state index contributed by atoms with van der Waals surface area (Å²) in [7, 11) is 0. The zero-order valence-corrected chi connectivity index (χ0v) is 13.4. The van der Waals surface area contributed by atoms with Gasteiger partial charge in [-0.25, -0.2) is 9.37 Å². The molecule has 1 heterocycles. The molecule has 1 aromatic heterocycles. The van der Waals surface area contributed by atoms with Crippen LogP contribution < -0.4 is 5.32 Å². The lowest BCUT2D eigenvalue weighted by molar-refractivity contribution is 0.625. The van der Waals surface area contributed by atoms with Crippen LogP contribution in [0.15, 0.2) is 18.2 Å². The molecule has 0 saturated carbocycles. The Labute approximate surface area is 133 Å². The molecule has 0 amide bonds. The summed E-state index contributed by atoms with van der Waals surface area (Å²) in [4.78, 5) is 7.53. The first-order valence-electron chi connectivity index (χ1n) is 6.98. The molecule has 2 N–H and O–H groups in total. The molecule has 21 heavy (non-hydrogen) atoms. The number of benzene rings is 1. The fraction of sp³-hybridized carbons (Fsp3) is 0.400. The second-order valence-corrected chi connectivity index (χ2v) is 5.67. The molecule has 0 spiro atoms. The van der Waals surface area contributed by atoms with Gasteiger partial charge in [0, 0.05) is 19.5 Å². The van der Waals surface area contributed by atoms with Crippen molar-refractivity contribution in [3.05, 3.63) is 51.3 Å². The predicted molar refractivity (Wildman–Crippen MR) is 84.2 cm³/mol. The fourth-order valence-electron chi connectivity index (χ4n) is 2.00. The number of aryl methyl sites for hydroxylation is 1. The minimum atomic E-state index is -0.405. The molecule has 0 bridgehead atoms. The van der Waals surface area contributed by atoms with Crippen molar-refractivity contribution in [2.24, 2.45) is 0 Å². The molecule has 0 saturated heterocycles. The average Bonchev–Trinajstić information content (AvgIpc) is 2.81. The number of imidazole rings is 1. The molecule has 0 atom stereocenters. The van der Waals surface area contributed by atoms with Crippen LogP contribution in [0.4, 0.5) is 4.39 Å². The molecular formula is C15H18Cl2FN3. The highest BCUT2D eigenvalue weighted by atomic mass is 35.5. The summed E-state index contributed by atoms with van der Waals surface area (Å²) in [6.45, 7) is 3.30. The second-order valence-electron chi connectivity index (χ2n) is 4.91. The third-order valence-electron chi connectivity index (χ3n) is 3.16. The highest BCUT2D eigenvalue weighted by Crippen LogP contribution is 2.17. The molecule has 0 fully saturated rings. The van der Waals surface area contributed by atoms with E-state index >= 15 is 0 Å². The minimum absolute atomic E-state index is 0.135. The maximum absolute atomic E-state index is 13.1. The van der Waals surface area contributed by atoms with Crippen molar-refractivity contribution >= 4 is 23.2 Å². The van der Waals surface area contributed by atoms with Crippen LogP contribution in [0.25, 0.3) is 0 Å². The van der Waals surface area contributed by atoms with Crippen LogP contribution in [0.2, 0.25) is 10.2 Å². The number of nitrogens with zero attached hydrogens (tertiary/aromatic N) is 1. The highest BCUT2D eigenvalue weighted by Gasteiger charge is 2.08. The number of hydrogen-bond donors (Lipinski definition) is 2. The van der Waals surface area contributed by atoms with E-state index in [1.54, 1.807) is 12.1 Å². The summed E-state index contributed by atoms with van der Waals surface area (Å²) in [6, 6.07) is 4.69. The average molecular weight is 330 g/mol. The second kappa shape index (κ2) is 7.78. The van der Waals surface area contributed by atoms with E-state index in [-0.39, 0.29) is 5.02 Å². The Morgan fingerprint density at radius 2 is 2.10 bits per heavy atom. The number of halogens is 3. The van der Waals surface area contributed by atoms with Gasteiger partial charge >= 0.3 is 0 Å². The van der Waals surface area contributed by atoms with Gasteiger partial charge in [-0.2, -0.15) is 0 Å². The molecule has 0 unspecified atom stereocenters. The van der Waals surface area contributed by atoms with Crippen LogP contribution in [0.1, 0.15) is 36.8 Å². The summed E-state index contributed by atoms with van der Waals surface area (Å²) in [5.41, 5.74) is 1.79. The smallest absolute Gasteiger partial charge is 0.151 e. The number of hydrogen-bond acceptors (Lipinski definition) is 2. The Kier molecular flexibility index (Phi) is 6.03. The number of aromatic nitrogens is 2. The molecule has 2 aromatic rings. The SMILES string of the molecule is CCCCc1nc(Cl)c(CNCc2ccc(F)c(Cl)c2)[nH]1. The summed E-state index contributed by atoms with van der Waals surface area (Å²) in [6.07, 6.45) is 3.12. The molecule has 0 aliphatic heterocycles. The molecular weight excluding hydrogens is 312 g/mol. The van der Waals surface area contributed by atoms with E-state index in [0.717, 1.165) is 36.3 Å². The van der Waals surface area contributed by atoms with E-state index < -0.39 is 5.82 Å². The standard InChI is InChI=1S/C15H18Cl2FN3/c1-2-3-4-14-20-13(15(17)21-14)9-19-8-10-5-6-12(18)11(16)7-10/h5-7,19H,2-4,8-9H2,1H3,(H,20,21). The fourth-order valence-corrected chi connectivity index (χ4v) is 2.42. The quantitative estimate of drug-likeness (QED) is 0.785. The van der Waals surface area contributed by atoms with Crippen molar-refractivity contribution in [2.45, 2.75) is 39.3 Å². The van der Waals surface area contributed by atoms with Gasteiger partial charge in [-0.1, -0.05) is 42.6 Å². The van der Waals surface area contributed by atoms with Gasteiger partial charge in [0.2, 0.25) is 0 Å². The van der Waals surface area contributed by atoms with Crippen molar-refractivity contribution in [1.82, 2.24) is 15.3 Å². The van der Waals surface area contributed by atoms with Gasteiger partial charge in [-0.3, -0.25) is 0 Å². The van der Waals surface area contributed by atoms with Gasteiger partial charge in [0.1, 0.15) is 11.6 Å². The number of nitrogens with one attached hydrogen (secondary N) is 2. The van der Waals surface area contributed by atoms with Crippen molar-refractivity contribution in [1.29, 1.82) is 0 Å². The van der Waals surface area contributed by atoms with E-state index in [1.807, 2.05) is 0 Å². The van der Waals surface area contributed by atoms with Crippen LogP contribution in [-0.4, -0.2) is 9.97 Å². The summed E-state index contributed by atoms with van der Waals surface area (Å²) in [5, 5.41) is 3.88. The lowest BCUT2D eigenvalue weighted by Gasteiger charge is -2.05. The van der Waals surface area contributed by atoms with Crippen LogP contribution >= 0.6 is 23.2 Å². The van der Waals surface area contributed by atoms with Gasteiger partial charge in [-0.05, 0) is 24.1 Å². The molecule has 0 aliphatic carbocycles. The third-order valence-corrected chi connectivity index (χ3v) is 3.76. The van der Waals surface area contributed by atoms with Crippen LogP contribution in [0.3, 0.4) is 0 Å². The van der Waals surface area contributed by atoms with Crippen molar-refractivity contribution < 1.29 is 4.39 Å². The molecule has 0 radical (unpaired) electrons. The maximum atomic E-state index is 13.1. The zero-order valence-electron chi connectivity index (χ0n) is 11.8. The summed E-state index contributed by atoms with van der Waals surface area (Å²) < 4.78 is 13.1. The number of unbranched alkanes of at least 4 members (excludes halogenated alkanes) is 1. The van der Waals surface area contributed by atoms with E-state index in [4.69, 9.17) is 23.2 Å². The number of aromatic amines is 1. The summed E-state index contributed by atoms with van der Waals surface area (Å²) in [5.74, 6) is 0.515. The zero-order chi connectivity index (χ0) is 15.2. The van der Waals surface area contributed by atoms with Crippen molar-refractivity contribution in [3.63, 3.8) is 0 Å². The monoisotopic (exact) mass is 329 g/mol. The van der Waals surface area contributed by atoms with Gasteiger partial charge in [0.15, 0.2) is 5.15 Å². The lowest BCUT2D eigenvalue weighted by Crippen LogP contribution is -2.13. The normalized spacial score (nSPS) is 11.0. The lowest BCUT2D eigenvalue weighted by atomic mass is 10.2. The van der Waals surface area contributed by atoms with E-state index in [9.17, 15) is 4.39 Å². The van der Waals surface area contributed by atoms with Gasteiger partial charge in [0.25, 0.3) is 0 Å².